The lowest BCUT2D eigenvalue weighted by Crippen LogP contribution is -2.44. The summed E-state index contributed by atoms with van der Waals surface area (Å²) in [7, 11) is 1.43. The fourth-order valence-corrected chi connectivity index (χ4v) is 4.75. The van der Waals surface area contributed by atoms with Gasteiger partial charge in [-0.1, -0.05) is 6.42 Å². The second-order valence-corrected chi connectivity index (χ2v) is 9.08. The Hall–Kier alpha value is -2.48. The molecular formula is C25H37N3O5. The molecule has 33 heavy (non-hydrogen) atoms. The van der Waals surface area contributed by atoms with Crippen LogP contribution in [0.1, 0.15) is 63.4 Å². The van der Waals surface area contributed by atoms with Crippen LogP contribution in [0.5, 0.6) is 5.75 Å². The topological polar surface area (TPSA) is 96.0 Å². The smallest absolute Gasteiger partial charge is 0.272 e. The molecule has 3 heterocycles. The zero-order valence-corrected chi connectivity index (χ0v) is 20.0. The third-order valence-electron chi connectivity index (χ3n) is 6.72. The van der Waals surface area contributed by atoms with Gasteiger partial charge < -0.3 is 19.9 Å². The average Bonchev–Trinajstić information content (AvgIpc) is 2.89. The van der Waals surface area contributed by atoms with E-state index in [0.29, 0.717) is 16.9 Å². The van der Waals surface area contributed by atoms with Crippen molar-refractivity contribution in [2.45, 2.75) is 64.7 Å². The van der Waals surface area contributed by atoms with Gasteiger partial charge in [-0.15, -0.1) is 0 Å². The van der Waals surface area contributed by atoms with Gasteiger partial charge in [0.25, 0.3) is 10.9 Å². The average molecular weight is 460 g/mol. The maximum Gasteiger partial charge on any atom is 0.272 e. The van der Waals surface area contributed by atoms with Crippen LogP contribution in [0, 0.1) is 6.92 Å². The first-order valence-corrected chi connectivity index (χ1v) is 12.3. The number of piperidine rings is 3. The molecule has 8 nitrogen and oxygen atoms in total. The lowest BCUT2D eigenvalue weighted by atomic mass is 10.0. The monoisotopic (exact) mass is 459 g/mol. The normalized spacial score (nSPS) is 18.8. The van der Waals surface area contributed by atoms with E-state index in [9.17, 15) is 19.2 Å². The van der Waals surface area contributed by atoms with Crippen molar-refractivity contribution < 1.29 is 4.74 Å². The zero-order chi connectivity index (χ0) is 23.8. The van der Waals surface area contributed by atoms with Crippen molar-refractivity contribution in [2.75, 3.05) is 56.2 Å². The Balaban J connectivity index is 0.000000150. The second-order valence-electron chi connectivity index (χ2n) is 9.08. The third kappa shape index (κ3) is 5.91. The predicted molar refractivity (Wildman–Crippen MR) is 133 cm³/mol. The number of nitrogens with one attached hydrogen (secondary N) is 1. The molecule has 0 aliphatic carbocycles. The molecule has 0 aromatic heterocycles. The van der Waals surface area contributed by atoms with Gasteiger partial charge in [-0.3, -0.25) is 19.2 Å². The standard InChI is InChI=1S/C10H13NO3.C10H13NO2.C5H11N/c1-14-10-7(8(12)9(10)13)11-5-3-2-4-6-11;1-7-8(10(13)9(7)12)11-5-3-2-4-6-11;1-2-4-6-5-3-1/h2-6H2,1H3;2-6H2,1H3;6H,1-5H2. The summed E-state index contributed by atoms with van der Waals surface area (Å²) in [5.74, 6) is 0.247. The van der Waals surface area contributed by atoms with Crippen molar-refractivity contribution >= 4 is 11.4 Å². The quantitative estimate of drug-likeness (QED) is 0.692. The maximum atomic E-state index is 11.3. The SMILES string of the molecule is C1CCNCC1.COc1c(N2CCCCC2)c(=O)c1=O.Cc1c(N2CCCCC2)c(=O)c1=O. The number of nitrogens with zero attached hydrogens (tertiary/aromatic N) is 2. The van der Waals surface area contributed by atoms with Crippen LogP contribution in [0.25, 0.3) is 0 Å². The van der Waals surface area contributed by atoms with Crippen molar-refractivity contribution in [2.24, 2.45) is 0 Å². The number of methoxy groups -OCH3 is 1. The molecule has 1 N–H and O–H groups in total. The van der Waals surface area contributed by atoms with E-state index < -0.39 is 5.43 Å². The summed E-state index contributed by atoms with van der Waals surface area (Å²) in [6.45, 7) is 7.84. The van der Waals surface area contributed by atoms with Crippen LogP contribution < -0.4 is 41.6 Å². The molecule has 2 aromatic rings. The highest BCUT2D eigenvalue weighted by molar-refractivity contribution is 5.63. The summed E-state index contributed by atoms with van der Waals surface area (Å²) < 4.78 is 4.90. The number of hydrogen-bond acceptors (Lipinski definition) is 8. The molecule has 0 spiro atoms. The molecule has 0 saturated carbocycles. The van der Waals surface area contributed by atoms with E-state index in [4.69, 9.17) is 4.74 Å². The largest absolute Gasteiger partial charge is 0.491 e. The number of ether oxygens (including phenoxy) is 1. The van der Waals surface area contributed by atoms with Gasteiger partial charge in [0.15, 0.2) is 5.75 Å². The highest BCUT2D eigenvalue weighted by Gasteiger charge is 2.27. The molecule has 8 heteroatoms. The highest BCUT2D eigenvalue weighted by atomic mass is 16.5. The van der Waals surface area contributed by atoms with E-state index in [2.05, 4.69) is 10.2 Å². The van der Waals surface area contributed by atoms with Gasteiger partial charge in [-0.2, -0.15) is 0 Å². The van der Waals surface area contributed by atoms with Crippen LogP contribution in [0.3, 0.4) is 0 Å². The summed E-state index contributed by atoms with van der Waals surface area (Å²) in [5, 5.41) is 3.28. The first kappa shape index (κ1) is 25.1. The lowest BCUT2D eigenvalue weighted by Gasteiger charge is -2.30. The lowest BCUT2D eigenvalue weighted by molar-refractivity contribution is 0.402. The van der Waals surface area contributed by atoms with E-state index in [1.54, 1.807) is 6.92 Å². The minimum absolute atomic E-state index is 0.247. The van der Waals surface area contributed by atoms with E-state index in [1.165, 1.54) is 52.3 Å². The van der Waals surface area contributed by atoms with Gasteiger partial charge in [0.1, 0.15) is 5.69 Å². The molecular weight excluding hydrogens is 422 g/mol. The third-order valence-corrected chi connectivity index (χ3v) is 6.72. The van der Waals surface area contributed by atoms with Gasteiger partial charge in [0.05, 0.1) is 12.8 Å². The van der Waals surface area contributed by atoms with Gasteiger partial charge in [0, 0.05) is 31.7 Å². The van der Waals surface area contributed by atoms with Crippen LogP contribution in [-0.2, 0) is 0 Å². The Kier molecular flexibility index (Phi) is 9.23. The summed E-state index contributed by atoms with van der Waals surface area (Å²) in [6, 6.07) is 0. The van der Waals surface area contributed by atoms with Crippen LogP contribution >= 0.6 is 0 Å². The Morgan fingerprint density at radius 3 is 1.45 bits per heavy atom. The molecule has 3 fully saturated rings. The van der Waals surface area contributed by atoms with E-state index in [1.807, 2.05) is 4.90 Å². The minimum atomic E-state index is -0.479. The van der Waals surface area contributed by atoms with Crippen molar-refractivity contribution in [3.63, 3.8) is 0 Å². The minimum Gasteiger partial charge on any atom is -0.491 e. The van der Waals surface area contributed by atoms with Gasteiger partial charge >= 0.3 is 0 Å². The van der Waals surface area contributed by atoms with Crippen LogP contribution in [0.4, 0.5) is 11.4 Å². The van der Waals surface area contributed by atoms with Gasteiger partial charge in [-0.25, -0.2) is 0 Å². The second kappa shape index (κ2) is 12.1. The van der Waals surface area contributed by atoms with Crippen molar-refractivity contribution in [1.29, 1.82) is 0 Å². The summed E-state index contributed by atoms with van der Waals surface area (Å²) in [4.78, 5) is 48.6. The molecule has 182 valence electrons. The molecule has 3 aliphatic heterocycles. The molecule has 0 bridgehead atoms. The van der Waals surface area contributed by atoms with Gasteiger partial charge in [-0.05, 0) is 71.4 Å². The fraction of sp³-hybridized carbons (Fsp3) is 0.680. The number of rotatable bonds is 3. The fourth-order valence-electron chi connectivity index (χ4n) is 4.75. The Morgan fingerprint density at radius 2 is 1.06 bits per heavy atom. The predicted octanol–water partition coefficient (Wildman–Crippen LogP) is 1.62. The zero-order valence-electron chi connectivity index (χ0n) is 20.0. The van der Waals surface area contributed by atoms with Crippen LogP contribution in [0.2, 0.25) is 0 Å². The van der Waals surface area contributed by atoms with Crippen LogP contribution in [0.15, 0.2) is 19.2 Å². The first-order valence-electron chi connectivity index (χ1n) is 12.3. The summed E-state index contributed by atoms with van der Waals surface area (Å²) in [6.07, 6.45) is 11.1. The van der Waals surface area contributed by atoms with E-state index in [0.717, 1.165) is 51.9 Å². The van der Waals surface area contributed by atoms with E-state index >= 15 is 0 Å². The molecule has 3 saturated heterocycles. The van der Waals surface area contributed by atoms with Crippen molar-refractivity contribution in [3.05, 3.63) is 46.5 Å². The van der Waals surface area contributed by atoms with Crippen molar-refractivity contribution in [3.8, 4) is 5.75 Å². The highest BCUT2D eigenvalue weighted by Crippen LogP contribution is 2.25. The summed E-state index contributed by atoms with van der Waals surface area (Å²) >= 11 is 0. The molecule has 0 atom stereocenters. The Labute approximate surface area is 194 Å². The summed E-state index contributed by atoms with van der Waals surface area (Å²) in [5.41, 5.74) is 0.408. The van der Waals surface area contributed by atoms with E-state index in [-0.39, 0.29) is 22.0 Å². The maximum absolute atomic E-state index is 11.3. The molecule has 2 aromatic carbocycles. The van der Waals surface area contributed by atoms with Crippen molar-refractivity contribution in [1.82, 2.24) is 5.32 Å². The molecule has 0 radical (unpaired) electrons. The Morgan fingerprint density at radius 1 is 0.606 bits per heavy atom. The van der Waals surface area contributed by atoms with Gasteiger partial charge in [0.2, 0.25) is 10.9 Å². The molecule has 3 aliphatic rings. The molecule has 0 amide bonds. The molecule has 0 unspecified atom stereocenters. The number of hydrogen-bond donors (Lipinski definition) is 1. The molecule has 5 rings (SSSR count). The number of anilines is 2. The van der Waals surface area contributed by atoms with Crippen LogP contribution in [-0.4, -0.2) is 46.4 Å². The Bertz CT molecular complexity index is 1020. The first-order chi connectivity index (χ1) is 16.0.